The van der Waals surface area contributed by atoms with Gasteiger partial charge in [-0.3, -0.25) is 0 Å². The predicted molar refractivity (Wildman–Crippen MR) is 117 cm³/mol. The molecule has 1 unspecified atom stereocenters. The van der Waals surface area contributed by atoms with Crippen LogP contribution in [0.3, 0.4) is 0 Å². The molecular weight excluding hydrogens is 410 g/mol. The lowest BCUT2D eigenvalue weighted by Gasteiger charge is -2.18. The Bertz CT molecular complexity index is 1050. The number of carboxylic acid groups (broad SMARTS) is 1. The first kappa shape index (κ1) is 22.6. The van der Waals surface area contributed by atoms with Gasteiger partial charge in [0, 0.05) is 6.42 Å². The quantitative estimate of drug-likeness (QED) is 0.495. The van der Waals surface area contributed by atoms with Gasteiger partial charge >= 0.3 is 18.0 Å². The molecule has 0 aliphatic heterocycles. The minimum atomic E-state index is -1.08. The summed E-state index contributed by atoms with van der Waals surface area (Å²) in [5.41, 5.74) is 2.26. The normalized spacial score (nSPS) is 11.2. The Hall–Kier alpha value is -4.13. The molecule has 1 atom stereocenters. The molecule has 32 heavy (non-hydrogen) atoms. The van der Waals surface area contributed by atoms with Gasteiger partial charge in [-0.05, 0) is 28.8 Å². The first-order valence-electron chi connectivity index (χ1n) is 10.0. The number of nitrogens with one attached hydrogen (secondary N) is 1. The Morgan fingerprint density at radius 3 is 1.91 bits per heavy atom. The van der Waals surface area contributed by atoms with Gasteiger partial charge in [-0.15, -0.1) is 0 Å². The maximum atomic E-state index is 12.7. The molecule has 7 heteroatoms. The summed E-state index contributed by atoms with van der Waals surface area (Å²) in [6, 6.07) is 23.4. The minimum Gasteiger partial charge on any atom is -0.478 e. The third-order valence-electron chi connectivity index (χ3n) is 4.63. The van der Waals surface area contributed by atoms with Gasteiger partial charge in [0.15, 0.2) is 0 Å². The fourth-order valence-electron chi connectivity index (χ4n) is 3.00. The molecule has 0 saturated heterocycles. The third kappa shape index (κ3) is 6.98. The van der Waals surface area contributed by atoms with Crippen molar-refractivity contribution >= 4 is 18.0 Å². The zero-order valence-corrected chi connectivity index (χ0v) is 17.3. The molecule has 0 saturated carbocycles. The van der Waals surface area contributed by atoms with E-state index < -0.39 is 24.1 Å². The number of carbonyl (C=O) groups excluding carboxylic acids is 2. The van der Waals surface area contributed by atoms with Crippen LogP contribution < -0.4 is 5.32 Å². The van der Waals surface area contributed by atoms with Crippen molar-refractivity contribution < 1.29 is 29.0 Å². The van der Waals surface area contributed by atoms with Gasteiger partial charge in [0.1, 0.15) is 19.3 Å². The number of alkyl carbamates (subject to hydrolysis) is 1. The molecular formula is C25H23NO6. The first-order chi connectivity index (χ1) is 15.5. The van der Waals surface area contributed by atoms with Crippen LogP contribution in [0.4, 0.5) is 4.79 Å². The largest absolute Gasteiger partial charge is 0.478 e. The van der Waals surface area contributed by atoms with Gasteiger partial charge in [0.05, 0.1) is 5.56 Å². The number of amides is 1. The van der Waals surface area contributed by atoms with E-state index in [1.165, 1.54) is 12.1 Å². The molecule has 0 heterocycles. The van der Waals surface area contributed by atoms with Gasteiger partial charge in [-0.1, -0.05) is 72.8 Å². The molecule has 164 valence electrons. The number of benzene rings is 3. The monoisotopic (exact) mass is 433 g/mol. The lowest BCUT2D eigenvalue weighted by atomic mass is 10.0. The van der Waals surface area contributed by atoms with Crippen molar-refractivity contribution in [3.8, 4) is 0 Å². The maximum absolute atomic E-state index is 12.7. The summed E-state index contributed by atoms with van der Waals surface area (Å²) < 4.78 is 10.6. The smallest absolute Gasteiger partial charge is 0.408 e. The molecule has 0 bridgehead atoms. The van der Waals surface area contributed by atoms with Crippen molar-refractivity contribution in [2.24, 2.45) is 0 Å². The zero-order valence-electron chi connectivity index (χ0n) is 17.3. The summed E-state index contributed by atoms with van der Waals surface area (Å²) in [7, 11) is 0. The summed E-state index contributed by atoms with van der Waals surface area (Å²) in [6.45, 7) is 0.0963. The van der Waals surface area contributed by atoms with Crippen molar-refractivity contribution in [2.45, 2.75) is 25.7 Å². The minimum absolute atomic E-state index is 0.0477. The summed E-state index contributed by atoms with van der Waals surface area (Å²) in [5, 5.41) is 11.7. The van der Waals surface area contributed by atoms with E-state index in [4.69, 9.17) is 9.47 Å². The number of rotatable bonds is 9. The van der Waals surface area contributed by atoms with Crippen LogP contribution >= 0.6 is 0 Å². The molecule has 0 aromatic heterocycles. The fraction of sp³-hybridized carbons (Fsp3) is 0.160. The van der Waals surface area contributed by atoms with Crippen molar-refractivity contribution in [2.75, 3.05) is 0 Å². The lowest BCUT2D eigenvalue weighted by Crippen LogP contribution is -2.43. The van der Waals surface area contributed by atoms with Gasteiger partial charge in [0.2, 0.25) is 0 Å². The average Bonchev–Trinajstić information content (AvgIpc) is 2.82. The van der Waals surface area contributed by atoms with Crippen molar-refractivity contribution in [1.29, 1.82) is 0 Å². The molecule has 3 aromatic carbocycles. The van der Waals surface area contributed by atoms with Crippen molar-refractivity contribution in [3.05, 3.63) is 107 Å². The van der Waals surface area contributed by atoms with E-state index in [0.717, 1.165) is 11.1 Å². The summed E-state index contributed by atoms with van der Waals surface area (Å²) >= 11 is 0. The second-order valence-electron chi connectivity index (χ2n) is 7.06. The van der Waals surface area contributed by atoms with E-state index in [-0.39, 0.29) is 25.2 Å². The van der Waals surface area contributed by atoms with Gasteiger partial charge < -0.3 is 19.9 Å². The topological polar surface area (TPSA) is 102 Å². The SMILES string of the molecule is O=C(NC(Cc1cccc(C(=O)O)c1)C(=O)OCc1ccccc1)OCc1ccccc1. The second kappa shape index (κ2) is 11.3. The highest BCUT2D eigenvalue weighted by molar-refractivity contribution is 5.88. The summed E-state index contributed by atoms with van der Waals surface area (Å²) in [6.07, 6.45) is -0.722. The molecule has 0 radical (unpaired) electrons. The average molecular weight is 433 g/mol. The number of esters is 1. The Balaban J connectivity index is 1.67. The van der Waals surface area contributed by atoms with E-state index in [9.17, 15) is 19.5 Å². The van der Waals surface area contributed by atoms with Gasteiger partial charge in [-0.25, -0.2) is 14.4 Å². The molecule has 0 aliphatic rings. The van der Waals surface area contributed by atoms with E-state index in [1.54, 1.807) is 12.1 Å². The van der Waals surface area contributed by atoms with Crippen LogP contribution in [0.25, 0.3) is 0 Å². The van der Waals surface area contributed by atoms with Crippen LogP contribution in [0.2, 0.25) is 0 Å². The first-order valence-corrected chi connectivity index (χ1v) is 10.0. The molecule has 1 amide bonds. The van der Waals surface area contributed by atoms with Crippen LogP contribution in [0.5, 0.6) is 0 Å². The maximum Gasteiger partial charge on any atom is 0.408 e. The van der Waals surface area contributed by atoms with Crippen molar-refractivity contribution in [1.82, 2.24) is 5.32 Å². The Morgan fingerprint density at radius 2 is 1.31 bits per heavy atom. The van der Waals surface area contributed by atoms with Crippen molar-refractivity contribution in [3.63, 3.8) is 0 Å². The summed E-state index contributed by atoms with van der Waals surface area (Å²) in [4.78, 5) is 36.3. The number of ether oxygens (including phenoxy) is 2. The molecule has 7 nitrogen and oxygen atoms in total. The van der Waals surface area contributed by atoms with Crippen LogP contribution in [0.15, 0.2) is 84.9 Å². The fourth-order valence-corrected chi connectivity index (χ4v) is 3.00. The number of carbonyl (C=O) groups is 3. The van der Waals surface area contributed by atoms with Crippen LogP contribution in [0.1, 0.15) is 27.0 Å². The van der Waals surface area contributed by atoms with Gasteiger partial charge in [0.25, 0.3) is 0 Å². The summed E-state index contributed by atoms with van der Waals surface area (Å²) in [5.74, 6) is -1.73. The number of aromatic carboxylic acids is 1. The zero-order chi connectivity index (χ0) is 22.8. The number of hydrogen-bond acceptors (Lipinski definition) is 5. The number of hydrogen-bond donors (Lipinski definition) is 2. The molecule has 2 N–H and O–H groups in total. The highest BCUT2D eigenvalue weighted by atomic mass is 16.6. The molecule has 0 fully saturated rings. The standard InChI is InChI=1S/C25H23NO6/c27-23(28)21-13-7-12-20(14-21)15-22(24(29)31-16-18-8-3-1-4-9-18)26-25(30)32-17-19-10-5-2-6-11-19/h1-14,22H,15-17H2,(H,26,30)(H,27,28). The molecule has 3 rings (SSSR count). The molecule has 0 aliphatic carbocycles. The Kier molecular flexibility index (Phi) is 7.97. The van der Waals surface area contributed by atoms with Gasteiger partial charge in [-0.2, -0.15) is 0 Å². The second-order valence-corrected chi connectivity index (χ2v) is 7.06. The van der Waals surface area contributed by atoms with E-state index >= 15 is 0 Å². The van der Waals surface area contributed by atoms with E-state index in [1.807, 2.05) is 60.7 Å². The van der Waals surface area contributed by atoms with E-state index in [2.05, 4.69) is 5.32 Å². The third-order valence-corrected chi connectivity index (χ3v) is 4.63. The molecule has 0 spiro atoms. The number of carboxylic acids is 1. The van der Waals surface area contributed by atoms with E-state index in [0.29, 0.717) is 5.56 Å². The van der Waals surface area contributed by atoms with Crippen LogP contribution in [-0.4, -0.2) is 29.2 Å². The Labute approximate surface area is 185 Å². The lowest BCUT2D eigenvalue weighted by molar-refractivity contribution is -0.147. The highest BCUT2D eigenvalue weighted by Gasteiger charge is 2.24. The van der Waals surface area contributed by atoms with Crippen LogP contribution in [0, 0.1) is 0 Å². The van der Waals surface area contributed by atoms with Crippen LogP contribution in [-0.2, 0) is 33.9 Å². The predicted octanol–water partition coefficient (Wildman–Crippen LogP) is 3.97. The molecule has 3 aromatic rings. The Morgan fingerprint density at radius 1 is 0.750 bits per heavy atom. The highest BCUT2D eigenvalue weighted by Crippen LogP contribution is 2.11.